The molecule has 1 saturated heterocycles. The zero-order valence-corrected chi connectivity index (χ0v) is 12.4. The number of methoxy groups -OCH3 is 1. The summed E-state index contributed by atoms with van der Waals surface area (Å²) in [5, 5.41) is 3.68. The molecule has 0 amide bonds. The Morgan fingerprint density at radius 2 is 2.22 bits per heavy atom. The van der Waals surface area contributed by atoms with Crippen LogP contribution in [0, 0.1) is 0 Å². The van der Waals surface area contributed by atoms with E-state index in [4.69, 9.17) is 4.74 Å². The fourth-order valence-electron chi connectivity index (χ4n) is 3.55. The third kappa shape index (κ3) is 3.46. The fraction of sp³-hybridized carbons (Fsp3) is 1.00. The summed E-state index contributed by atoms with van der Waals surface area (Å²) in [5.41, 5.74) is 0.0905. The Morgan fingerprint density at radius 1 is 1.39 bits per heavy atom. The highest BCUT2D eigenvalue weighted by Crippen LogP contribution is 2.31. The first-order valence-electron chi connectivity index (χ1n) is 7.69. The maximum absolute atomic E-state index is 5.70. The van der Waals surface area contributed by atoms with Crippen LogP contribution < -0.4 is 5.32 Å². The van der Waals surface area contributed by atoms with Gasteiger partial charge in [0.25, 0.3) is 0 Å². The highest BCUT2D eigenvalue weighted by molar-refractivity contribution is 4.92. The lowest BCUT2D eigenvalue weighted by Gasteiger charge is -2.42. The number of nitrogens with one attached hydrogen (secondary N) is 1. The average Bonchev–Trinajstić information content (AvgIpc) is 2.85. The van der Waals surface area contributed by atoms with Crippen LogP contribution >= 0.6 is 0 Å². The molecule has 1 N–H and O–H groups in total. The van der Waals surface area contributed by atoms with Crippen LogP contribution in [0.3, 0.4) is 0 Å². The van der Waals surface area contributed by atoms with Crippen molar-refractivity contribution in [3.05, 3.63) is 0 Å². The van der Waals surface area contributed by atoms with Gasteiger partial charge in [-0.1, -0.05) is 6.92 Å². The van der Waals surface area contributed by atoms with Gasteiger partial charge in [-0.05, 0) is 58.5 Å². The summed E-state index contributed by atoms with van der Waals surface area (Å²) >= 11 is 0. The van der Waals surface area contributed by atoms with Crippen LogP contribution in [0.1, 0.15) is 52.4 Å². The summed E-state index contributed by atoms with van der Waals surface area (Å²) in [6.45, 7) is 8.07. The molecule has 1 saturated carbocycles. The Morgan fingerprint density at radius 3 is 2.94 bits per heavy atom. The van der Waals surface area contributed by atoms with Crippen LogP contribution in [0.25, 0.3) is 0 Å². The van der Waals surface area contributed by atoms with Crippen molar-refractivity contribution >= 4 is 0 Å². The van der Waals surface area contributed by atoms with Gasteiger partial charge in [-0.3, -0.25) is 4.90 Å². The van der Waals surface area contributed by atoms with E-state index in [0.717, 1.165) is 18.6 Å². The molecule has 1 heterocycles. The van der Waals surface area contributed by atoms with Crippen LogP contribution in [0.4, 0.5) is 0 Å². The lowest BCUT2D eigenvalue weighted by Crippen LogP contribution is -2.50. The molecule has 2 rings (SSSR count). The average molecular weight is 254 g/mol. The predicted octanol–water partition coefficient (Wildman–Crippen LogP) is 2.41. The summed E-state index contributed by atoms with van der Waals surface area (Å²) in [7, 11) is 1.86. The lowest BCUT2D eigenvalue weighted by molar-refractivity contribution is -0.0607. The Bertz CT molecular complexity index is 259. The van der Waals surface area contributed by atoms with Crippen molar-refractivity contribution in [1.82, 2.24) is 10.2 Å². The van der Waals surface area contributed by atoms with Crippen molar-refractivity contribution in [2.24, 2.45) is 0 Å². The maximum Gasteiger partial charge on any atom is 0.0777 e. The van der Waals surface area contributed by atoms with Crippen LogP contribution in [0.2, 0.25) is 0 Å². The lowest BCUT2D eigenvalue weighted by atomic mass is 9.93. The summed E-state index contributed by atoms with van der Waals surface area (Å²) < 4.78 is 5.70. The van der Waals surface area contributed by atoms with E-state index in [9.17, 15) is 0 Å². The quantitative estimate of drug-likeness (QED) is 0.815. The fourth-order valence-corrected chi connectivity index (χ4v) is 3.55. The van der Waals surface area contributed by atoms with Gasteiger partial charge in [0.05, 0.1) is 5.60 Å². The normalized spacial score (nSPS) is 38.2. The first-order valence-corrected chi connectivity index (χ1v) is 7.69. The Kier molecular flexibility index (Phi) is 5.05. The van der Waals surface area contributed by atoms with Gasteiger partial charge < -0.3 is 10.1 Å². The van der Waals surface area contributed by atoms with E-state index in [1.165, 1.54) is 51.6 Å². The molecule has 3 atom stereocenters. The first kappa shape index (κ1) is 14.3. The molecule has 0 radical (unpaired) electrons. The van der Waals surface area contributed by atoms with Crippen LogP contribution in [-0.4, -0.2) is 49.3 Å². The molecule has 0 aromatic rings. The van der Waals surface area contributed by atoms with Crippen LogP contribution in [0.5, 0.6) is 0 Å². The minimum Gasteiger partial charge on any atom is -0.377 e. The van der Waals surface area contributed by atoms with E-state index >= 15 is 0 Å². The maximum atomic E-state index is 5.70. The molecule has 0 aromatic heterocycles. The van der Waals surface area contributed by atoms with Gasteiger partial charge in [-0.2, -0.15) is 0 Å². The van der Waals surface area contributed by atoms with Crippen molar-refractivity contribution < 1.29 is 4.74 Å². The molecule has 18 heavy (non-hydrogen) atoms. The van der Waals surface area contributed by atoms with Gasteiger partial charge in [0.1, 0.15) is 0 Å². The first-order chi connectivity index (χ1) is 8.67. The van der Waals surface area contributed by atoms with Crippen molar-refractivity contribution in [2.45, 2.75) is 70.1 Å². The predicted molar refractivity (Wildman–Crippen MR) is 75.9 cm³/mol. The monoisotopic (exact) mass is 254 g/mol. The highest BCUT2D eigenvalue weighted by Gasteiger charge is 2.36. The van der Waals surface area contributed by atoms with E-state index in [1.807, 2.05) is 7.11 Å². The molecule has 3 unspecified atom stereocenters. The second kappa shape index (κ2) is 6.36. The van der Waals surface area contributed by atoms with E-state index in [1.54, 1.807) is 0 Å². The topological polar surface area (TPSA) is 24.5 Å². The van der Waals surface area contributed by atoms with E-state index in [2.05, 4.69) is 24.1 Å². The number of ether oxygens (including phenoxy) is 1. The number of likely N-dealkylation sites (tertiary alicyclic amines) is 1. The van der Waals surface area contributed by atoms with E-state index < -0.39 is 0 Å². The van der Waals surface area contributed by atoms with Gasteiger partial charge in [-0.15, -0.1) is 0 Å². The summed E-state index contributed by atoms with van der Waals surface area (Å²) in [6.07, 6.45) is 7.79. The van der Waals surface area contributed by atoms with Gasteiger partial charge in [-0.25, -0.2) is 0 Å². The number of piperidine rings is 1. The van der Waals surface area contributed by atoms with Crippen molar-refractivity contribution in [3.8, 4) is 0 Å². The molecule has 0 bridgehead atoms. The third-order valence-corrected chi connectivity index (χ3v) is 4.79. The smallest absolute Gasteiger partial charge is 0.0777 e. The number of nitrogens with zero attached hydrogens (tertiary/aromatic N) is 1. The van der Waals surface area contributed by atoms with E-state index in [0.29, 0.717) is 0 Å². The van der Waals surface area contributed by atoms with Gasteiger partial charge in [0.2, 0.25) is 0 Å². The zero-order valence-electron chi connectivity index (χ0n) is 12.4. The SMILES string of the molecule is CCCNC1CCC(N2CCCC(C)(OC)C2)C1. The minimum atomic E-state index is 0.0905. The van der Waals surface area contributed by atoms with Gasteiger partial charge in [0.15, 0.2) is 0 Å². The van der Waals surface area contributed by atoms with Gasteiger partial charge in [0, 0.05) is 25.7 Å². The van der Waals surface area contributed by atoms with Crippen molar-refractivity contribution in [2.75, 3.05) is 26.7 Å². The Balaban J connectivity index is 1.82. The summed E-state index contributed by atoms with van der Waals surface area (Å²) in [5.74, 6) is 0. The van der Waals surface area contributed by atoms with Crippen LogP contribution in [0.15, 0.2) is 0 Å². The Labute approximate surface area is 112 Å². The van der Waals surface area contributed by atoms with E-state index in [-0.39, 0.29) is 5.60 Å². The van der Waals surface area contributed by atoms with Gasteiger partial charge >= 0.3 is 0 Å². The molecule has 106 valence electrons. The molecule has 2 fully saturated rings. The van der Waals surface area contributed by atoms with Crippen LogP contribution in [-0.2, 0) is 4.74 Å². The molecule has 1 aliphatic carbocycles. The molecule has 3 heteroatoms. The highest BCUT2D eigenvalue weighted by atomic mass is 16.5. The summed E-state index contributed by atoms with van der Waals surface area (Å²) in [6, 6.07) is 1.54. The second-order valence-corrected chi connectivity index (χ2v) is 6.35. The molecule has 0 spiro atoms. The second-order valence-electron chi connectivity index (χ2n) is 6.35. The number of hydrogen-bond donors (Lipinski definition) is 1. The molecular weight excluding hydrogens is 224 g/mol. The molecule has 2 aliphatic rings. The standard InChI is InChI=1S/C15H30N2O/c1-4-9-16-13-6-7-14(11-13)17-10-5-8-15(2,12-17)18-3/h13-14,16H,4-12H2,1-3H3. The van der Waals surface area contributed by atoms with Crippen molar-refractivity contribution in [1.29, 1.82) is 0 Å². The molecule has 3 nitrogen and oxygen atoms in total. The minimum absolute atomic E-state index is 0.0905. The number of hydrogen-bond acceptors (Lipinski definition) is 3. The third-order valence-electron chi connectivity index (χ3n) is 4.79. The Hall–Kier alpha value is -0.120. The number of rotatable bonds is 5. The zero-order chi connectivity index (χ0) is 13.0. The molecule has 0 aromatic carbocycles. The molecular formula is C15H30N2O. The van der Waals surface area contributed by atoms with Crippen molar-refractivity contribution in [3.63, 3.8) is 0 Å². The summed E-state index contributed by atoms with van der Waals surface area (Å²) in [4.78, 5) is 2.68. The largest absolute Gasteiger partial charge is 0.377 e. The molecule has 1 aliphatic heterocycles.